The smallest absolute Gasteiger partial charge is 0.151 e. The fourth-order valence-corrected chi connectivity index (χ4v) is 3.25. The van der Waals surface area contributed by atoms with E-state index in [-0.39, 0.29) is 0 Å². The molecule has 1 fully saturated rings. The van der Waals surface area contributed by atoms with E-state index in [4.69, 9.17) is 0 Å². The van der Waals surface area contributed by atoms with E-state index in [1.165, 1.54) is 38.9 Å². The number of aromatic nitrogens is 1. The van der Waals surface area contributed by atoms with Crippen LogP contribution in [-0.4, -0.2) is 49.7 Å². The van der Waals surface area contributed by atoms with Crippen molar-refractivity contribution in [3.05, 3.63) is 18.3 Å². The topological polar surface area (TPSA) is 31.4 Å². The van der Waals surface area contributed by atoms with Gasteiger partial charge in [0.15, 0.2) is 5.82 Å². The van der Waals surface area contributed by atoms with Gasteiger partial charge in [0.05, 0.1) is 5.69 Å². The predicted molar refractivity (Wildman–Crippen MR) is 91.1 cm³/mol. The van der Waals surface area contributed by atoms with Gasteiger partial charge in [0.1, 0.15) is 0 Å². The standard InChI is InChI=1S/C17H30N4/c1-5-11-21-12-7-8-15(13-21)14(2)19-16-9-6-10-18-17(16)20(3)4/h6,9-10,14-15,19H,5,7-8,11-13H2,1-4H3. The highest BCUT2D eigenvalue weighted by Crippen LogP contribution is 2.26. The lowest BCUT2D eigenvalue weighted by Crippen LogP contribution is -2.42. The molecule has 0 amide bonds. The number of likely N-dealkylation sites (tertiary alicyclic amines) is 1. The van der Waals surface area contributed by atoms with Crippen molar-refractivity contribution in [3.63, 3.8) is 0 Å². The molecular formula is C17H30N4. The van der Waals surface area contributed by atoms with Crippen LogP contribution in [0.4, 0.5) is 11.5 Å². The minimum Gasteiger partial charge on any atom is -0.379 e. The molecule has 4 heteroatoms. The summed E-state index contributed by atoms with van der Waals surface area (Å²) in [6.07, 6.45) is 5.76. The van der Waals surface area contributed by atoms with Gasteiger partial charge in [-0.25, -0.2) is 4.98 Å². The fourth-order valence-electron chi connectivity index (χ4n) is 3.25. The minimum atomic E-state index is 0.479. The molecule has 1 aromatic heterocycles. The van der Waals surface area contributed by atoms with Gasteiger partial charge in [-0.2, -0.15) is 0 Å². The van der Waals surface area contributed by atoms with E-state index in [0.717, 1.165) is 17.4 Å². The highest BCUT2D eigenvalue weighted by atomic mass is 15.2. The normalized spacial score (nSPS) is 21.0. The number of anilines is 2. The fraction of sp³-hybridized carbons (Fsp3) is 0.706. The monoisotopic (exact) mass is 290 g/mol. The summed E-state index contributed by atoms with van der Waals surface area (Å²) in [4.78, 5) is 9.16. The molecular weight excluding hydrogens is 260 g/mol. The van der Waals surface area contributed by atoms with Gasteiger partial charge in [-0.05, 0) is 57.3 Å². The van der Waals surface area contributed by atoms with Gasteiger partial charge in [0, 0.05) is 32.9 Å². The van der Waals surface area contributed by atoms with Crippen molar-refractivity contribution in [1.82, 2.24) is 9.88 Å². The molecule has 2 atom stereocenters. The van der Waals surface area contributed by atoms with E-state index in [1.807, 2.05) is 26.4 Å². The summed E-state index contributed by atoms with van der Waals surface area (Å²) in [7, 11) is 4.09. The van der Waals surface area contributed by atoms with Crippen LogP contribution in [-0.2, 0) is 0 Å². The average molecular weight is 290 g/mol. The molecule has 1 aromatic rings. The minimum absolute atomic E-state index is 0.479. The second-order valence-corrected chi connectivity index (χ2v) is 6.40. The van der Waals surface area contributed by atoms with Gasteiger partial charge in [0.25, 0.3) is 0 Å². The SMILES string of the molecule is CCCN1CCCC(C(C)Nc2cccnc2N(C)C)C1. The molecule has 118 valence electrons. The summed E-state index contributed by atoms with van der Waals surface area (Å²) in [5.41, 5.74) is 1.14. The average Bonchev–Trinajstić information content (AvgIpc) is 2.48. The number of pyridine rings is 1. The maximum absolute atomic E-state index is 4.47. The van der Waals surface area contributed by atoms with Crippen molar-refractivity contribution < 1.29 is 0 Å². The number of nitrogens with one attached hydrogen (secondary N) is 1. The first-order valence-electron chi connectivity index (χ1n) is 8.23. The van der Waals surface area contributed by atoms with E-state index in [9.17, 15) is 0 Å². The largest absolute Gasteiger partial charge is 0.379 e. The predicted octanol–water partition coefficient (Wildman–Crippen LogP) is 3.07. The number of rotatable bonds is 6. The molecule has 2 rings (SSSR count). The van der Waals surface area contributed by atoms with Gasteiger partial charge >= 0.3 is 0 Å². The van der Waals surface area contributed by atoms with Gasteiger partial charge in [-0.3, -0.25) is 0 Å². The van der Waals surface area contributed by atoms with Crippen molar-refractivity contribution in [3.8, 4) is 0 Å². The van der Waals surface area contributed by atoms with Crippen LogP contribution in [0.15, 0.2) is 18.3 Å². The highest BCUT2D eigenvalue weighted by molar-refractivity contribution is 5.65. The van der Waals surface area contributed by atoms with Crippen LogP contribution < -0.4 is 10.2 Å². The Bertz CT molecular complexity index is 431. The number of nitrogens with zero attached hydrogens (tertiary/aromatic N) is 3. The molecule has 0 bridgehead atoms. The van der Waals surface area contributed by atoms with Gasteiger partial charge in [-0.15, -0.1) is 0 Å². The highest BCUT2D eigenvalue weighted by Gasteiger charge is 2.24. The number of piperidine rings is 1. The summed E-state index contributed by atoms with van der Waals surface area (Å²) in [6.45, 7) is 8.31. The van der Waals surface area contributed by atoms with Crippen molar-refractivity contribution in [2.45, 2.75) is 39.2 Å². The Morgan fingerprint density at radius 3 is 3.00 bits per heavy atom. The quantitative estimate of drug-likeness (QED) is 0.872. The first-order valence-corrected chi connectivity index (χ1v) is 8.23. The Labute approximate surface area is 129 Å². The van der Waals surface area contributed by atoms with Crippen LogP contribution >= 0.6 is 0 Å². The zero-order valence-corrected chi connectivity index (χ0v) is 14.0. The summed E-state index contributed by atoms with van der Waals surface area (Å²) in [5, 5.41) is 3.69. The van der Waals surface area contributed by atoms with Crippen LogP contribution in [0.2, 0.25) is 0 Å². The van der Waals surface area contributed by atoms with Crippen LogP contribution in [0.5, 0.6) is 0 Å². The first-order chi connectivity index (χ1) is 10.1. The molecule has 1 aliphatic heterocycles. The Morgan fingerprint density at radius 2 is 2.29 bits per heavy atom. The summed E-state index contributed by atoms with van der Waals surface area (Å²) in [6, 6.07) is 4.62. The Kier molecular flexibility index (Phi) is 5.85. The Morgan fingerprint density at radius 1 is 1.48 bits per heavy atom. The third kappa shape index (κ3) is 4.34. The van der Waals surface area contributed by atoms with Gasteiger partial charge in [0.2, 0.25) is 0 Å². The lowest BCUT2D eigenvalue weighted by atomic mass is 9.91. The van der Waals surface area contributed by atoms with Crippen LogP contribution in [0, 0.1) is 5.92 Å². The zero-order valence-electron chi connectivity index (χ0n) is 14.0. The second kappa shape index (κ2) is 7.64. The second-order valence-electron chi connectivity index (χ2n) is 6.40. The summed E-state index contributed by atoms with van der Waals surface area (Å²) in [5.74, 6) is 1.74. The molecule has 1 aliphatic rings. The third-order valence-corrected chi connectivity index (χ3v) is 4.38. The van der Waals surface area contributed by atoms with E-state index >= 15 is 0 Å². The van der Waals surface area contributed by atoms with E-state index < -0.39 is 0 Å². The van der Waals surface area contributed by atoms with E-state index in [2.05, 4.69) is 40.0 Å². The van der Waals surface area contributed by atoms with Crippen LogP contribution in [0.25, 0.3) is 0 Å². The molecule has 0 radical (unpaired) electrons. The van der Waals surface area contributed by atoms with Crippen LogP contribution in [0.3, 0.4) is 0 Å². The van der Waals surface area contributed by atoms with Crippen molar-refractivity contribution in [2.75, 3.05) is 43.9 Å². The molecule has 2 heterocycles. The Hall–Kier alpha value is -1.29. The van der Waals surface area contributed by atoms with Gasteiger partial charge in [-0.1, -0.05) is 6.92 Å². The maximum atomic E-state index is 4.47. The maximum Gasteiger partial charge on any atom is 0.151 e. The lowest BCUT2D eigenvalue weighted by Gasteiger charge is -2.36. The zero-order chi connectivity index (χ0) is 15.2. The molecule has 4 nitrogen and oxygen atoms in total. The Balaban J connectivity index is 1.99. The molecule has 1 saturated heterocycles. The molecule has 21 heavy (non-hydrogen) atoms. The lowest BCUT2D eigenvalue weighted by molar-refractivity contribution is 0.165. The van der Waals surface area contributed by atoms with Crippen molar-refractivity contribution in [1.29, 1.82) is 0 Å². The van der Waals surface area contributed by atoms with Crippen molar-refractivity contribution >= 4 is 11.5 Å². The van der Waals surface area contributed by atoms with Crippen molar-refractivity contribution in [2.24, 2.45) is 5.92 Å². The first kappa shape index (κ1) is 16.1. The number of hydrogen-bond acceptors (Lipinski definition) is 4. The summed E-state index contributed by atoms with van der Waals surface area (Å²) >= 11 is 0. The van der Waals surface area contributed by atoms with E-state index in [1.54, 1.807) is 0 Å². The van der Waals surface area contributed by atoms with E-state index in [0.29, 0.717) is 6.04 Å². The summed E-state index contributed by atoms with van der Waals surface area (Å²) < 4.78 is 0. The molecule has 0 spiro atoms. The molecule has 2 unspecified atom stereocenters. The number of hydrogen-bond donors (Lipinski definition) is 1. The van der Waals surface area contributed by atoms with Gasteiger partial charge < -0.3 is 15.1 Å². The molecule has 0 aliphatic carbocycles. The molecule has 0 aromatic carbocycles. The molecule has 1 N–H and O–H groups in total. The van der Waals surface area contributed by atoms with Crippen LogP contribution in [0.1, 0.15) is 33.1 Å². The molecule has 0 saturated carbocycles. The third-order valence-electron chi connectivity index (χ3n) is 4.38.